The summed E-state index contributed by atoms with van der Waals surface area (Å²) in [4.78, 5) is 52.1. The van der Waals surface area contributed by atoms with Gasteiger partial charge in [0.05, 0.1) is 25.0 Å². The Bertz CT molecular complexity index is 1770. The van der Waals surface area contributed by atoms with Gasteiger partial charge < -0.3 is 19.7 Å². The van der Waals surface area contributed by atoms with E-state index in [9.17, 15) is 22.8 Å². The van der Waals surface area contributed by atoms with Gasteiger partial charge in [0.2, 0.25) is 23.6 Å². The number of allylic oxidation sites excluding steroid dienone is 1. The van der Waals surface area contributed by atoms with Gasteiger partial charge in [-0.25, -0.2) is 13.1 Å². The van der Waals surface area contributed by atoms with Crippen molar-refractivity contribution in [2.45, 2.75) is 54.4 Å². The van der Waals surface area contributed by atoms with E-state index < -0.39 is 45.3 Å². The van der Waals surface area contributed by atoms with Crippen LogP contribution in [0.3, 0.4) is 0 Å². The summed E-state index contributed by atoms with van der Waals surface area (Å²) < 4.78 is 39.8. The number of methoxy groups -OCH3 is 1. The highest BCUT2D eigenvalue weighted by molar-refractivity contribution is 7.92. The molecule has 248 valence electrons. The molecule has 3 aliphatic rings. The van der Waals surface area contributed by atoms with Crippen LogP contribution in [0.15, 0.2) is 70.3 Å². The van der Waals surface area contributed by atoms with Crippen LogP contribution in [0.2, 0.25) is 0 Å². The second-order valence-corrected chi connectivity index (χ2v) is 15.0. The molecule has 5 atom stereocenters. The number of hydrogen-bond donors (Lipinski definition) is 2. The van der Waals surface area contributed by atoms with Crippen molar-refractivity contribution in [3.05, 3.63) is 66.1 Å². The number of nitrogens with one attached hydrogen (secondary N) is 2. The van der Waals surface area contributed by atoms with Gasteiger partial charge in [-0.15, -0.1) is 11.3 Å². The number of carbonyl (C=O) groups excluding carboxylic acids is 3. The number of thiophene rings is 1. The maximum atomic E-state index is 14.1. The van der Waals surface area contributed by atoms with Crippen molar-refractivity contribution in [1.29, 1.82) is 0 Å². The second-order valence-electron chi connectivity index (χ2n) is 12.2. The van der Waals surface area contributed by atoms with Crippen molar-refractivity contribution >= 4 is 39.1 Å². The number of rotatable bonds is 7. The first kappa shape index (κ1) is 32.6. The van der Waals surface area contributed by atoms with E-state index in [1.54, 1.807) is 29.5 Å². The van der Waals surface area contributed by atoms with E-state index in [0.29, 0.717) is 18.2 Å². The number of nitrogens with zero attached hydrogens (tertiary/aromatic N) is 3. The van der Waals surface area contributed by atoms with Crippen LogP contribution in [0.1, 0.15) is 38.5 Å². The van der Waals surface area contributed by atoms with Gasteiger partial charge in [-0.1, -0.05) is 48.6 Å². The molecule has 0 unspecified atom stereocenters. The molecule has 0 bridgehead atoms. The van der Waals surface area contributed by atoms with Crippen molar-refractivity contribution in [3.63, 3.8) is 0 Å². The number of carbonyl (C=O) groups is 3. The molecule has 2 fully saturated rings. The van der Waals surface area contributed by atoms with Crippen molar-refractivity contribution in [1.82, 2.24) is 24.9 Å². The molecule has 0 spiro atoms. The molecule has 47 heavy (non-hydrogen) atoms. The highest BCUT2D eigenvalue weighted by atomic mass is 32.2. The fourth-order valence-electron chi connectivity index (χ4n) is 6.35. The Morgan fingerprint density at radius 1 is 1.06 bits per heavy atom. The van der Waals surface area contributed by atoms with Crippen LogP contribution in [0.25, 0.3) is 11.4 Å². The smallest absolute Gasteiger partial charge is 0.273 e. The highest BCUT2D eigenvalue weighted by Gasteiger charge is 2.62. The van der Waals surface area contributed by atoms with Crippen LogP contribution >= 0.6 is 11.3 Å². The maximum absolute atomic E-state index is 14.1. The number of fused-ring (bicyclic) bond motifs is 2. The third-order valence-corrected chi connectivity index (χ3v) is 11.7. The Morgan fingerprint density at radius 3 is 2.57 bits per heavy atom. The lowest BCUT2D eigenvalue weighted by atomic mass is 9.93. The van der Waals surface area contributed by atoms with E-state index in [2.05, 4.69) is 20.0 Å². The van der Waals surface area contributed by atoms with Gasteiger partial charge in [0, 0.05) is 25.1 Å². The zero-order chi connectivity index (χ0) is 33.2. The van der Waals surface area contributed by atoms with Gasteiger partial charge in [-0.3, -0.25) is 14.4 Å². The normalized spacial score (nSPS) is 27.1. The van der Waals surface area contributed by atoms with Crippen molar-refractivity contribution in [2.75, 3.05) is 20.7 Å². The summed E-state index contributed by atoms with van der Waals surface area (Å²) in [5.74, 6) is -2.44. The zero-order valence-corrected chi connectivity index (χ0v) is 27.8. The fraction of sp³-hybridized carbons (Fsp3) is 0.424. The Labute approximate surface area is 277 Å². The third kappa shape index (κ3) is 7.03. The minimum absolute atomic E-state index is 0.00321. The first-order valence-corrected chi connectivity index (χ1v) is 18.0. The van der Waals surface area contributed by atoms with Crippen LogP contribution in [0, 0.1) is 17.8 Å². The molecule has 12 nitrogen and oxygen atoms in total. The molecule has 6 rings (SSSR count). The predicted molar refractivity (Wildman–Crippen MR) is 174 cm³/mol. The zero-order valence-electron chi connectivity index (χ0n) is 26.1. The molecular formula is C33H37N5O7S2. The predicted octanol–water partition coefficient (Wildman–Crippen LogP) is 3.57. The molecule has 1 aromatic carbocycles. The van der Waals surface area contributed by atoms with Gasteiger partial charge in [0.1, 0.15) is 15.9 Å². The maximum Gasteiger partial charge on any atom is 0.273 e. The van der Waals surface area contributed by atoms with E-state index in [4.69, 9.17) is 9.47 Å². The largest absolute Gasteiger partial charge is 0.481 e. The van der Waals surface area contributed by atoms with Gasteiger partial charge in [0.25, 0.3) is 15.9 Å². The quantitative estimate of drug-likeness (QED) is 0.357. The highest BCUT2D eigenvalue weighted by Crippen LogP contribution is 2.47. The van der Waals surface area contributed by atoms with Crippen LogP contribution in [-0.4, -0.2) is 73.4 Å². The summed E-state index contributed by atoms with van der Waals surface area (Å²) in [7, 11) is -0.893. The first-order chi connectivity index (χ1) is 22.6. The lowest BCUT2D eigenvalue weighted by molar-refractivity contribution is -0.140. The second kappa shape index (κ2) is 13.4. The van der Waals surface area contributed by atoms with Crippen LogP contribution in [-0.2, 0) is 24.4 Å². The van der Waals surface area contributed by atoms with Gasteiger partial charge in [0.15, 0.2) is 5.82 Å². The van der Waals surface area contributed by atoms with Gasteiger partial charge in [-0.05, 0) is 50.0 Å². The average Bonchev–Trinajstić information content (AvgIpc) is 3.39. The standard InChI is InChI=1S/C33H37N5O7S2/c1-38-15-9-4-3-8-13-22-20-33(22,32(41)37-47(42,43)28-14-10-16-46-28)36-30(39)24-17-23(18-25(24)31(38)40)45-27-19-26(44-2)34-29(35-27)21-11-6-5-7-12-21/h5-8,10-14,16,19,22-25H,3-4,9,15,17-18,20H2,1-2H3,(H,36,39)(H,37,41)/b13-8-/t22-,23+,24+,25+,33+/m0/s1. The average molecular weight is 680 g/mol. The molecule has 2 N–H and O–H groups in total. The van der Waals surface area contributed by atoms with E-state index in [1.807, 2.05) is 42.5 Å². The lowest BCUT2D eigenvalue weighted by Crippen LogP contribution is -2.54. The molecular weight excluding hydrogens is 643 g/mol. The molecule has 2 saturated carbocycles. The summed E-state index contributed by atoms with van der Waals surface area (Å²) in [5, 5.41) is 4.50. The molecule has 0 saturated heterocycles. The lowest BCUT2D eigenvalue weighted by Gasteiger charge is -2.26. The monoisotopic (exact) mass is 679 g/mol. The molecule has 0 radical (unpaired) electrons. The van der Waals surface area contributed by atoms with Crippen LogP contribution < -0.4 is 19.5 Å². The number of sulfonamides is 1. The molecule has 2 aromatic heterocycles. The van der Waals surface area contributed by atoms with Gasteiger partial charge >= 0.3 is 0 Å². The van der Waals surface area contributed by atoms with E-state index in [1.165, 1.54) is 13.2 Å². The van der Waals surface area contributed by atoms with Crippen molar-refractivity contribution < 1.29 is 32.3 Å². The Morgan fingerprint density at radius 2 is 1.83 bits per heavy atom. The summed E-state index contributed by atoms with van der Waals surface area (Å²) in [6.45, 7) is 0.545. The van der Waals surface area contributed by atoms with E-state index in [-0.39, 0.29) is 41.2 Å². The number of hydrogen-bond acceptors (Lipinski definition) is 10. The number of benzene rings is 1. The van der Waals surface area contributed by atoms with E-state index in [0.717, 1.165) is 36.2 Å². The Balaban J connectivity index is 1.26. The molecule has 14 heteroatoms. The fourth-order valence-corrected chi connectivity index (χ4v) is 8.38. The number of amides is 3. The molecule has 1 aliphatic heterocycles. The molecule has 3 heterocycles. The minimum Gasteiger partial charge on any atom is -0.481 e. The molecule has 3 aromatic rings. The Kier molecular flexibility index (Phi) is 9.33. The van der Waals surface area contributed by atoms with E-state index >= 15 is 0 Å². The van der Waals surface area contributed by atoms with Crippen LogP contribution in [0.5, 0.6) is 11.8 Å². The van der Waals surface area contributed by atoms with Crippen molar-refractivity contribution in [2.24, 2.45) is 17.8 Å². The number of aromatic nitrogens is 2. The van der Waals surface area contributed by atoms with Crippen molar-refractivity contribution in [3.8, 4) is 23.1 Å². The summed E-state index contributed by atoms with van der Waals surface area (Å²) in [5.41, 5.74) is -0.685. The Hall–Kier alpha value is -4.30. The molecule has 2 aliphatic carbocycles. The summed E-state index contributed by atoms with van der Waals surface area (Å²) in [6.07, 6.45) is 6.30. The SMILES string of the molecule is COc1cc(O[C@@H]2C[C@H]3C(=O)N[C@]4(C(=O)NS(=O)(=O)c5cccs5)C[C@@H]4/C=C\CCCCN(C)C(=O)[C@@H]3C2)nc(-c2ccccc2)n1. The summed E-state index contributed by atoms with van der Waals surface area (Å²) in [6, 6.07) is 13.9. The number of ether oxygens (including phenoxy) is 2. The van der Waals surface area contributed by atoms with Gasteiger partial charge in [-0.2, -0.15) is 9.97 Å². The minimum atomic E-state index is -4.12. The van der Waals surface area contributed by atoms with Crippen LogP contribution in [0.4, 0.5) is 0 Å². The topological polar surface area (TPSA) is 157 Å². The first-order valence-electron chi connectivity index (χ1n) is 15.6. The molecule has 3 amide bonds. The third-order valence-electron chi connectivity index (χ3n) is 8.99. The summed E-state index contributed by atoms with van der Waals surface area (Å²) >= 11 is 0.993.